The Morgan fingerprint density at radius 2 is 2.07 bits per heavy atom. The second kappa shape index (κ2) is 8.51. The molecule has 4 atom stereocenters. The summed E-state index contributed by atoms with van der Waals surface area (Å²) in [4.78, 5) is 31.4. The van der Waals surface area contributed by atoms with E-state index in [0.717, 1.165) is 19.5 Å². The van der Waals surface area contributed by atoms with Crippen LogP contribution >= 0.6 is 0 Å². The Morgan fingerprint density at radius 3 is 2.80 bits per heavy atom. The monoisotopic (exact) mass is 443 g/mol. The van der Waals surface area contributed by atoms with E-state index in [4.69, 9.17) is 9.39 Å². The van der Waals surface area contributed by atoms with E-state index in [1.165, 1.54) is 4.90 Å². The minimum atomic E-state index is -4.82. The number of nitrogens with zero attached hydrogens (tertiary/aromatic N) is 3. The van der Waals surface area contributed by atoms with Gasteiger partial charge in [-0.15, -0.1) is 4.28 Å². The van der Waals surface area contributed by atoms with Gasteiger partial charge in [0.25, 0.3) is 5.91 Å². The predicted molar refractivity (Wildman–Crippen MR) is 102 cm³/mol. The summed E-state index contributed by atoms with van der Waals surface area (Å²) in [5.74, 6) is 0.00498. The zero-order valence-electron chi connectivity index (χ0n) is 16.2. The van der Waals surface area contributed by atoms with E-state index in [1.54, 1.807) is 0 Å². The molecule has 0 saturated carbocycles. The largest absolute Gasteiger partial charge is 0.418 e. The number of carbonyl (C=O) groups excluding carboxylic acids is 2. The topological polar surface area (TPSA) is 142 Å². The van der Waals surface area contributed by atoms with Crippen LogP contribution in [-0.2, 0) is 30.9 Å². The number of carbonyl (C=O) groups is 2. The Bertz CT molecular complexity index is 877. The molecule has 3 N–H and O–H groups in total. The fourth-order valence-corrected chi connectivity index (χ4v) is 4.73. The van der Waals surface area contributed by atoms with Crippen molar-refractivity contribution < 1.29 is 31.7 Å². The smallest absolute Gasteiger partial charge is 0.354 e. The van der Waals surface area contributed by atoms with Crippen molar-refractivity contribution in [1.82, 2.24) is 25.3 Å². The Kier molecular flexibility index (Phi) is 5.97. The summed E-state index contributed by atoms with van der Waals surface area (Å²) < 4.78 is 37.2. The Labute approximate surface area is 173 Å². The summed E-state index contributed by atoms with van der Waals surface area (Å²) in [6.07, 6.45) is 5.67. The molecule has 3 saturated heterocycles. The van der Waals surface area contributed by atoms with Crippen molar-refractivity contribution in [3.8, 4) is 0 Å². The van der Waals surface area contributed by atoms with Gasteiger partial charge in [0, 0.05) is 38.1 Å². The first-order valence-electron chi connectivity index (χ1n) is 9.83. The van der Waals surface area contributed by atoms with Gasteiger partial charge in [-0.25, -0.2) is 10.3 Å². The van der Waals surface area contributed by atoms with E-state index >= 15 is 0 Å². The minimum Gasteiger partial charge on any atom is -0.354 e. The van der Waals surface area contributed by atoms with Crippen LogP contribution in [0.15, 0.2) is 24.5 Å². The Balaban J connectivity index is 1.22. The highest BCUT2D eigenvalue weighted by molar-refractivity contribution is 7.80. The van der Waals surface area contributed by atoms with Gasteiger partial charge in [-0.05, 0) is 37.3 Å². The van der Waals surface area contributed by atoms with Crippen LogP contribution in [0.3, 0.4) is 0 Å². The maximum atomic E-state index is 12.5. The van der Waals surface area contributed by atoms with Gasteiger partial charge in [0.05, 0.1) is 12.6 Å². The van der Waals surface area contributed by atoms with Gasteiger partial charge in [-0.2, -0.15) is 13.5 Å². The summed E-state index contributed by atoms with van der Waals surface area (Å²) in [7, 11) is -4.82. The zero-order valence-corrected chi connectivity index (χ0v) is 17.0. The standard InChI is InChI=1S/C17H25N5O7S/c23-16(15-4-3-14-10-21(15)17(24)22(14)29-30(25,26)27)19-28-11-13-7-12(8-18-13)9-20-5-1-2-6-20/h1-2,5-6,12-15,18H,3-4,7-11H2,(H,19,23)(H,25,26,27)/t12-,13-,14-,15+/m1/s1. The average Bonchev–Trinajstić information content (AvgIpc) is 3.40. The predicted octanol–water partition coefficient (Wildman–Crippen LogP) is -0.483. The molecule has 30 heavy (non-hydrogen) atoms. The van der Waals surface area contributed by atoms with E-state index in [2.05, 4.69) is 19.6 Å². The molecule has 0 aromatic carbocycles. The second-order valence-corrected chi connectivity index (χ2v) is 8.88. The van der Waals surface area contributed by atoms with Crippen LogP contribution in [0.4, 0.5) is 4.79 Å². The molecular weight excluding hydrogens is 418 g/mol. The molecule has 3 aliphatic heterocycles. The Hall–Kier alpha value is -2.19. The van der Waals surface area contributed by atoms with Gasteiger partial charge < -0.3 is 14.8 Å². The number of aromatic nitrogens is 1. The van der Waals surface area contributed by atoms with Gasteiger partial charge in [-0.1, -0.05) is 0 Å². The molecule has 3 amide bonds. The van der Waals surface area contributed by atoms with E-state index in [1.807, 2.05) is 24.5 Å². The third-order valence-electron chi connectivity index (χ3n) is 5.71. The van der Waals surface area contributed by atoms with Crippen molar-refractivity contribution in [2.75, 3.05) is 19.7 Å². The molecule has 0 radical (unpaired) electrons. The van der Waals surface area contributed by atoms with Crippen molar-refractivity contribution in [2.24, 2.45) is 5.92 Å². The lowest BCUT2D eigenvalue weighted by molar-refractivity contribution is -0.139. The lowest BCUT2D eigenvalue weighted by Crippen LogP contribution is -2.50. The third kappa shape index (κ3) is 4.75. The first-order valence-corrected chi connectivity index (χ1v) is 11.2. The highest BCUT2D eigenvalue weighted by Crippen LogP contribution is 2.30. The fraction of sp³-hybridized carbons (Fsp3) is 0.647. The maximum Gasteiger partial charge on any atom is 0.418 e. The fourth-order valence-electron chi connectivity index (χ4n) is 4.34. The first-order chi connectivity index (χ1) is 14.3. The summed E-state index contributed by atoms with van der Waals surface area (Å²) in [6.45, 7) is 2.23. The van der Waals surface area contributed by atoms with Crippen LogP contribution in [-0.4, -0.2) is 77.3 Å². The molecule has 3 fully saturated rings. The van der Waals surface area contributed by atoms with Crippen LogP contribution in [0.1, 0.15) is 19.3 Å². The van der Waals surface area contributed by atoms with Gasteiger partial charge in [0.15, 0.2) is 0 Å². The number of hydrogen-bond donors (Lipinski definition) is 3. The molecule has 1 aromatic heterocycles. The molecule has 0 unspecified atom stereocenters. The van der Waals surface area contributed by atoms with Crippen molar-refractivity contribution in [3.05, 3.63) is 24.5 Å². The average molecular weight is 443 g/mol. The number of rotatable bonds is 8. The van der Waals surface area contributed by atoms with Crippen LogP contribution in [0.25, 0.3) is 0 Å². The van der Waals surface area contributed by atoms with Crippen LogP contribution in [0, 0.1) is 5.92 Å². The van der Waals surface area contributed by atoms with Crippen molar-refractivity contribution >= 4 is 22.3 Å². The number of hydrogen-bond acceptors (Lipinski definition) is 7. The number of urea groups is 1. The number of nitrogens with one attached hydrogen (secondary N) is 2. The van der Waals surface area contributed by atoms with E-state index in [9.17, 15) is 18.0 Å². The number of hydroxylamine groups is 3. The molecule has 0 spiro atoms. The summed E-state index contributed by atoms with van der Waals surface area (Å²) in [6, 6.07) is 2.00. The number of fused-ring (bicyclic) bond motifs is 2. The molecule has 3 aliphatic rings. The van der Waals surface area contributed by atoms with E-state index in [-0.39, 0.29) is 12.6 Å². The molecule has 166 valence electrons. The van der Waals surface area contributed by atoms with Crippen molar-refractivity contribution in [1.29, 1.82) is 0 Å². The molecule has 13 heteroatoms. The lowest BCUT2D eigenvalue weighted by Gasteiger charge is -2.29. The highest BCUT2D eigenvalue weighted by atomic mass is 32.3. The molecule has 0 aliphatic carbocycles. The van der Waals surface area contributed by atoms with Crippen LogP contribution in [0.5, 0.6) is 0 Å². The quantitative estimate of drug-likeness (QED) is 0.361. The highest BCUT2D eigenvalue weighted by Gasteiger charge is 2.49. The molecule has 4 heterocycles. The van der Waals surface area contributed by atoms with Gasteiger partial charge in [0.2, 0.25) is 0 Å². The van der Waals surface area contributed by atoms with Crippen LogP contribution in [0.2, 0.25) is 0 Å². The molecule has 2 bridgehead atoms. The SMILES string of the molecule is O=C(NOC[C@H]1C[C@@H](Cn2cccc2)CN1)[C@@H]1CC[C@@H]2CN1C(=O)N2OS(=O)(=O)O. The van der Waals surface area contributed by atoms with Gasteiger partial charge >= 0.3 is 16.4 Å². The first kappa shape index (κ1) is 21.1. The maximum absolute atomic E-state index is 12.5. The Morgan fingerprint density at radius 1 is 1.30 bits per heavy atom. The summed E-state index contributed by atoms with van der Waals surface area (Å²) in [5, 5.41) is 3.98. The van der Waals surface area contributed by atoms with Gasteiger partial charge in [0.1, 0.15) is 6.04 Å². The summed E-state index contributed by atoms with van der Waals surface area (Å²) >= 11 is 0. The van der Waals surface area contributed by atoms with Crippen LogP contribution < -0.4 is 10.8 Å². The zero-order chi connectivity index (χ0) is 21.3. The van der Waals surface area contributed by atoms with E-state index in [0.29, 0.717) is 30.4 Å². The number of amides is 3. The van der Waals surface area contributed by atoms with Gasteiger partial charge in [-0.3, -0.25) is 14.2 Å². The molecule has 4 rings (SSSR count). The lowest BCUT2D eigenvalue weighted by atomic mass is 10.0. The summed E-state index contributed by atoms with van der Waals surface area (Å²) in [5.41, 5.74) is 2.40. The minimum absolute atomic E-state index is 0.119. The molecular formula is C17H25N5O7S. The molecule has 1 aromatic rings. The van der Waals surface area contributed by atoms with Crippen molar-refractivity contribution in [2.45, 2.75) is 43.9 Å². The normalized spacial score (nSPS) is 28.9. The third-order valence-corrected chi connectivity index (χ3v) is 6.05. The second-order valence-electron chi connectivity index (χ2n) is 7.87. The van der Waals surface area contributed by atoms with Crippen molar-refractivity contribution in [3.63, 3.8) is 0 Å². The number of piperidine rings is 1. The van der Waals surface area contributed by atoms with E-state index < -0.39 is 34.4 Å². The molecule has 12 nitrogen and oxygen atoms in total.